The van der Waals surface area contributed by atoms with Crippen molar-refractivity contribution in [3.05, 3.63) is 35.9 Å². The van der Waals surface area contributed by atoms with Crippen LogP contribution >= 0.6 is 0 Å². The van der Waals surface area contributed by atoms with Gasteiger partial charge in [-0.2, -0.15) is 8.78 Å². The molecule has 0 unspecified atom stereocenters. The number of hydrogen-bond donors (Lipinski definition) is 0. The fourth-order valence-electron chi connectivity index (χ4n) is 1.09. The number of benzene rings is 1. The van der Waals surface area contributed by atoms with E-state index in [0.29, 0.717) is 0 Å². The minimum Gasteiger partial charge on any atom is -0.322 e. The molecule has 86 valence electrons. The van der Waals surface area contributed by atoms with E-state index in [1.807, 2.05) is 51.1 Å². The molecule has 0 radical (unpaired) electrons. The molecule has 0 aromatic heterocycles. The molecule has 1 aromatic rings. The van der Waals surface area contributed by atoms with Crippen LogP contribution in [0.2, 0.25) is 0 Å². The third kappa shape index (κ3) is 6.18. The maximum absolute atomic E-state index is 11.7. The molecule has 0 heterocycles. The van der Waals surface area contributed by atoms with Crippen molar-refractivity contribution in [2.75, 3.05) is 6.61 Å². The van der Waals surface area contributed by atoms with Crippen LogP contribution in [0.3, 0.4) is 0 Å². The van der Waals surface area contributed by atoms with Crippen LogP contribution in [0.5, 0.6) is 0 Å². The maximum atomic E-state index is 11.7. The second kappa shape index (κ2) is 8.36. The molecule has 0 N–H and O–H groups in total. The minimum atomic E-state index is -2.67. The van der Waals surface area contributed by atoms with Gasteiger partial charge in [-0.1, -0.05) is 51.1 Å². The topological polar surface area (TPSA) is 9.23 Å². The highest BCUT2D eigenvalue weighted by molar-refractivity contribution is 5.18. The summed E-state index contributed by atoms with van der Waals surface area (Å²) in [6.07, 6.45) is 0. The molecule has 0 aliphatic rings. The largest absolute Gasteiger partial charge is 0.345 e. The van der Waals surface area contributed by atoms with Crippen LogP contribution in [-0.4, -0.2) is 13.2 Å². The van der Waals surface area contributed by atoms with E-state index in [-0.39, 0.29) is 12.5 Å². The van der Waals surface area contributed by atoms with E-state index < -0.39 is 6.61 Å². The van der Waals surface area contributed by atoms with Gasteiger partial charge in [0.1, 0.15) is 0 Å². The highest BCUT2D eigenvalue weighted by Crippen LogP contribution is 2.15. The van der Waals surface area contributed by atoms with E-state index in [2.05, 4.69) is 4.74 Å². The van der Waals surface area contributed by atoms with Crippen LogP contribution in [-0.2, 0) is 4.74 Å². The van der Waals surface area contributed by atoms with E-state index in [0.717, 1.165) is 5.56 Å². The van der Waals surface area contributed by atoms with Gasteiger partial charge < -0.3 is 4.74 Å². The number of hydrogen-bond acceptors (Lipinski definition) is 1. The standard InChI is InChI=1S/C10H12F2O.C2H6/c1-8(7-13-10(11)12)9-5-3-2-4-6-9;1-2/h2-6,8,10H,7H2,1H3;1-2H3/t8-;/m1./s1. The van der Waals surface area contributed by atoms with Crippen LogP contribution in [0.1, 0.15) is 32.3 Å². The third-order valence-corrected chi connectivity index (χ3v) is 1.84. The summed E-state index contributed by atoms with van der Waals surface area (Å²) in [6.45, 7) is 3.24. The average molecular weight is 216 g/mol. The van der Waals surface area contributed by atoms with Gasteiger partial charge in [-0.05, 0) is 5.56 Å². The van der Waals surface area contributed by atoms with Crippen molar-refractivity contribution < 1.29 is 13.5 Å². The predicted octanol–water partition coefficient (Wildman–Crippen LogP) is 4.06. The number of ether oxygens (including phenoxy) is 1. The van der Waals surface area contributed by atoms with Gasteiger partial charge in [0.25, 0.3) is 0 Å². The summed E-state index contributed by atoms with van der Waals surface area (Å²) >= 11 is 0. The van der Waals surface area contributed by atoms with Crippen LogP contribution in [0.15, 0.2) is 30.3 Å². The Morgan fingerprint density at radius 2 is 1.67 bits per heavy atom. The van der Waals surface area contributed by atoms with Gasteiger partial charge in [0.05, 0.1) is 6.61 Å². The summed E-state index contributed by atoms with van der Waals surface area (Å²) in [5, 5.41) is 0. The zero-order chi connectivity index (χ0) is 11.7. The van der Waals surface area contributed by atoms with Crippen molar-refractivity contribution in [2.45, 2.75) is 33.3 Å². The average Bonchev–Trinajstić information content (AvgIpc) is 2.30. The zero-order valence-electron chi connectivity index (χ0n) is 9.41. The van der Waals surface area contributed by atoms with Gasteiger partial charge in [0.2, 0.25) is 0 Å². The van der Waals surface area contributed by atoms with Gasteiger partial charge >= 0.3 is 6.61 Å². The molecule has 1 rings (SSSR count). The molecule has 0 fully saturated rings. The van der Waals surface area contributed by atoms with Crippen molar-refractivity contribution in [2.24, 2.45) is 0 Å². The summed E-state index contributed by atoms with van der Waals surface area (Å²) in [5.41, 5.74) is 1.02. The second-order valence-corrected chi connectivity index (χ2v) is 2.91. The molecule has 0 aliphatic heterocycles. The third-order valence-electron chi connectivity index (χ3n) is 1.84. The van der Waals surface area contributed by atoms with E-state index in [1.165, 1.54) is 0 Å². The lowest BCUT2D eigenvalue weighted by Gasteiger charge is -2.11. The first-order chi connectivity index (χ1) is 7.20. The van der Waals surface area contributed by atoms with E-state index in [4.69, 9.17) is 0 Å². The summed E-state index contributed by atoms with van der Waals surface area (Å²) in [4.78, 5) is 0. The van der Waals surface area contributed by atoms with E-state index >= 15 is 0 Å². The first kappa shape index (κ1) is 14.0. The SMILES string of the molecule is CC.C[C@H](COC(F)F)c1ccccc1. The van der Waals surface area contributed by atoms with Gasteiger partial charge in [-0.3, -0.25) is 0 Å². The van der Waals surface area contributed by atoms with Gasteiger partial charge in [-0.15, -0.1) is 0 Å². The summed E-state index contributed by atoms with van der Waals surface area (Å²) in [5.74, 6) is 0.00944. The van der Waals surface area contributed by atoms with Crippen LogP contribution in [0.25, 0.3) is 0 Å². The molecule has 0 aliphatic carbocycles. The molecule has 1 nitrogen and oxygen atoms in total. The summed E-state index contributed by atoms with van der Waals surface area (Å²) < 4.78 is 27.6. The van der Waals surface area contributed by atoms with Gasteiger partial charge in [0.15, 0.2) is 0 Å². The van der Waals surface area contributed by atoms with Gasteiger partial charge in [-0.25, -0.2) is 0 Å². The Balaban J connectivity index is 0.000000921. The monoisotopic (exact) mass is 216 g/mol. The van der Waals surface area contributed by atoms with Gasteiger partial charge in [0, 0.05) is 5.92 Å². The molecule has 0 bridgehead atoms. The Hall–Kier alpha value is -0.960. The van der Waals surface area contributed by atoms with E-state index in [9.17, 15) is 8.78 Å². The number of alkyl halides is 2. The molecule has 0 amide bonds. The molecule has 1 atom stereocenters. The fourth-order valence-corrected chi connectivity index (χ4v) is 1.09. The predicted molar refractivity (Wildman–Crippen MR) is 58.2 cm³/mol. The highest BCUT2D eigenvalue weighted by Gasteiger charge is 2.08. The highest BCUT2D eigenvalue weighted by atomic mass is 19.3. The minimum absolute atomic E-state index is 0.00944. The lowest BCUT2D eigenvalue weighted by Crippen LogP contribution is -2.07. The number of halogens is 2. The Morgan fingerprint density at radius 3 is 2.13 bits per heavy atom. The molecule has 0 spiro atoms. The summed E-state index contributed by atoms with van der Waals surface area (Å²) in [7, 11) is 0. The molecule has 15 heavy (non-hydrogen) atoms. The van der Waals surface area contributed by atoms with Crippen molar-refractivity contribution >= 4 is 0 Å². The Morgan fingerprint density at radius 1 is 1.13 bits per heavy atom. The Labute approximate surface area is 90.1 Å². The van der Waals surface area contributed by atoms with Crippen LogP contribution in [0.4, 0.5) is 8.78 Å². The molecule has 0 saturated heterocycles. The zero-order valence-corrected chi connectivity index (χ0v) is 9.41. The lowest BCUT2D eigenvalue weighted by molar-refractivity contribution is -0.131. The molecule has 1 aromatic carbocycles. The first-order valence-corrected chi connectivity index (χ1v) is 5.15. The lowest BCUT2D eigenvalue weighted by atomic mass is 10.0. The van der Waals surface area contributed by atoms with Crippen LogP contribution in [0, 0.1) is 0 Å². The van der Waals surface area contributed by atoms with Crippen molar-refractivity contribution in [1.82, 2.24) is 0 Å². The van der Waals surface area contributed by atoms with Crippen molar-refractivity contribution in [1.29, 1.82) is 0 Å². The quantitative estimate of drug-likeness (QED) is 0.737. The maximum Gasteiger partial charge on any atom is 0.345 e. The Bertz CT molecular complexity index is 237. The van der Waals surface area contributed by atoms with Crippen LogP contribution < -0.4 is 0 Å². The van der Waals surface area contributed by atoms with Crippen molar-refractivity contribution in [3.8, 4) is 0 Å². The first-order valence-electron chi connectivity index (χ1n) is 5.15. The normalized spacial score (nSPS) is 11.9. The van der Waals surface area contributed by atoms with E-state index in [1.54, 1.807) is 0 Å². The van der Waals surface area contributed by atoms with Crippen molar-refractivity contribution in [3.63, 3.8) is 0 Å². The fraction of sp³-hybridized carbons (Fsp3) is 0.500. The summed E-state index contributed by atoms with van der Waals surface area (Å²) in [6, 6.07) is 9.46. The second-order valence-electron chi connectivity index (χ2n) is 2.91. The molecular formula is C12H18F2O. The smallest absolute Gasteiger partial charge is 0.322 e. The Kier molecular flexibility index (Phi) is 7.82. The molecule has 3 heteroatoms. The molecule has 0 saturated carbocycles. The number of rotatable bonds is 4. The molecular weight excluding hydrogens is 198 g/mol.